The summed E-state index contributed by atoms with van der Waals surface area (Å²) < 4.78 is 10.8. The molecule has 0 spiro atoms. The number of ether oxygens (including phenoxy) is 2. The monoisotopic (exact) mass is 346 g/mol. The molecular weight excluding hydrogens is 316 g/mol. The molecule has 0 aliphatic carbocycles. The van der Waals surface area contributed by atoms with E-state index in [9.17, 15) is 0 Å². The molecule has 3 rings (SSSR count). The van der Waals surface area contributed by atoms with Crippen LogP contribution in [0.4, 0.5) is 0 Å². The third kappa shape index (κ3) is 4.78. The minimum absolute atomic E-state index is 0.310. The number of aliphatic imine (C=N–C) groups is 1. The molecule has 1 atom stereocenters. The van der Waals surface area contributed by atoms with Crippen molar-refractivity contribution in [3.8, 4) is 11.5 Å². The lowest BCUT2D eigenvalue weighted by atomic mass is 9.97. The first-order valence-electron chi connectivity index (χ1n) is 9.23. The predicted octanol–water partition coefficient (Wildman–Crippen LogP) is 2.20. The van der Waals surface area contributed by atoms with Crippen LogP contribution < -0.4 is 20.1 Å². The smallest absolute Gasteiger partial charge is 0.231 e. The number of nitrogens with one attached hydrogen (secondary N) is 2. The van der Waals surface area contributed by atoms with Crippen LogP contribution in [0, 0.1) is 5.92 Å². The van der Waals surface area contributed by atoms with E-state index in [-0.39, 0.29) is 0 Å². The molecule has 0 bridgehead atoms. The number of guanidine groups is 1. The maximum Gasteiger partial charge on any atom is 0.231 e. The van der Waals surface area contributed by atoms with E-state index in [1.54, 1.807) is 0 Å². The van der Waals surface area contributed by atoms with E-state index in [1.807, 2.05) is 19.2 Å². The molecule has 2 heterocycles. The van der Waals surface area contributed by atoms with Gasteiger partial charge in [-0.3, -0.25) is 4.99 Å². The fourth-order valence-electron chi connectivity index (χ4n) is 3.43. The Balaban J connectivity index is 1.45. The molecular formula is C19H30N4O2. The van der Waals surface area contributed by atoms with Crippen LogP contribution in [0.3, 0.4) is 0 Å². The summed E-state index contributed by atoms with van der Waals surface area (Å²) in [6.07, 6.45) is 2.57. The van der Waals surface area contributed by atoms with Crippen LogP contribution in [0.5, 0.6) is 11.5 Å². The molecule has 0 aromatic heterocycles. The first-order chi connectivity index (χ1) is 12.2. The van der Waals surface area contributed by atoms with Crippen molar-refractivity contribution < 1.29 is 9.47 Å². The molecule has 138 valence electrons. The maximum atomic E-state index is 5.43. The zero-order valence-electron chi connectivity index (χ0n) is 15.5. The number of likely N-dealkylation sites (tertiary alicyclic amines) is 1. The van der Waals surface area contributed by atoms with Gasteiger partial charge in [-0.1, -0.05) is 6.07 Å². The minimum atomic E-state index is 0.310. The van der Waals surface area contributed by atoms with Gasteiger partial charge in [0.2, 0.25) is 6.79 Å². The summed E-state index contributed by atoms with van der Waals surface area (Å²) in [6, 6.07) is 6.66. The van der Waals surface area contributed by atoms with Crippen LogP contribution in [0.1, 0.15) is 32.3 Å². The SMILES string of the molecule is CN=C(NCc1ccc2c(c1)OCO2)NCC1CCCN(C(C)C)C1. The molecule has 0 saturated carbocycles. The third-order valence-corrected chi connectivity index (χ3v) is 4.96. The van der Waals surface area contributed by atoms with Crippen LogP contribution in [-0.4, -0.2) is 50.4 Å². The van der Waals surface area contributed by atoms with Crippen molar-refractivity contribution in [3.63, 3.8) is 0 Å². The predicted molar refractivity (Wildman–Crippen MR) is 100 cm³/mol. The first-order valence-corrected chi connectivity index (χ1v) is 9.23. The van der Waals surface area contributed by atoms with Crippen LogP contribution in [0.2, 0.25) is 0 Å². The Hall–Kier alpha value is -1.95. The van der Waals surface area contributed by atoms with Crippen molar-refractivity contribution in [1.82, 2.24) is 15.5 Å². The van der Waals surface area contributed by atoms with Gasteiger partial charge >= 0.3 is 0 Å². The van der Waals surface area contributed by atoms with Crippen LogP contribution in [0.15, 0.2) is 23.2 Å². The Morgan fingerprint density at radius 1 is 1.28 bits per heavy atom. The molecule has 25 heavy (non-hydrogen) atoms. The molecule has 1 fully saturated rings. The zero-order chi connectivity index (χ0) is 17.6. The van der Waals surface area contributed by atoms with Crippen molar-refractivity contribution >= 4 is 5.96 Å². The van der Waals surface area contributed by atoms with E-state index < -0.39 is 0 Å². The molecule has 1 saturated heterocycles. The molecule has 2 aliphatic heterocycles. The molecule has 0 radical (unpaired) electrons. The van der Waals surface area contributed by atoms with Gasteiger partial charge in [-0.25, -0.2) is 0 Å². The summed E-state index contributed by atoms with van der Waals surface area (Å²) in [7, 11) is 1.82. The van der Waals surface area contributed by atoms with Gasteiger partial charge in [0.05, 0.1) is 0 Å². The molecule has 6 heteroatoms. The van der Waals surface area contributed by atoms with Gasteiger partial charge in [0.1, 0.15) is 0 Å². The molecule has 2 N–H and O–H groups in total. The average Bonchev–Trinajstić information content (AvgIpc) is 3.10. The first kappa shape index (κ1) is 17.9. The minimum Gasteiger partial charge on any atom is -0.454 e. The second-order valence-electron chi connectivity index (χ2n) is 7.09. The second-order valence-corrected chi connectivity index (χ2v) is 7.09. The normalized spacial score (nSPS) is 20.8. The molecule has 1 unspecified atom stereocenters. The summed E-state index contributed by atoms with van der Waals surface area (Å²) >= 11 is 0. The standard InChI is InChI=1S/C19H30N4O2/c1-14(2)23-8-4-5-16(12-23)11-22-19(20-3)21-10-15-6-7-17-18(9-15)25-13-24-17/h6-7,9,14,16H,4-5,8,10-13H2,1-3H3,(H2,20,21,22). The number of hydrogen-bond acceptors (Lipinski definition) is 4. The lowest BCUT2D eigenvalue weighted by Crippen LogP contribution is -2.45. The highest BCUT2D eigenvalue weighted by molar-refractivity contribution is 5.79. The van der Waals surface area contributed by atoms with Crippen molar-refractivity contribution in [2.45, 2.75) is 39.3 Å². The average molecular weight is 346 g/mol. The third-order valence-electron chi connectivity index (χ3n) is 4.96. The quantitative estimate of drug-likeness (QED) is 0.632. The fraction of sp³-hybridized carbons (Fsp3) is 0.632. The van der Waals surface area contributed by atoms with Gasteiger partial charge in [-0.05, 0) is 56.8 Å². The highest BCUT2D eigenvalue weighted by Crippen LogP contribution is 2.32. The van der Waals surface area contributed by atoms with Gasteiger partial charge in [-0.15, -0.1) is 0 Å². The van der Waals surface area contributed by atoms with E-state index in [1.165, 1.54) is 25.9 Å². The second kappa shape index (κ2) is 8.43. The van der Waals surface area contributed by atoms with Crippen molar-refractivity contribution in [3.05, 3.63) is 23.8 Å². The summed E-state index contributed by atoms with van der Waals surface area (Å²) in [6.45, 7) is 8.94. The fourth-order valence-corrected chi connectivity index (χ4v) is 3.43. The summed E-state index contributed by atoms with van der Waals surface area (Å²) in [5.74, 6) is 3.16. The topological polar surface area (TPSA) is 58.1 Å². The van der Waals surface area contributed by atoms with E-state index in [2.05, 4.69) is 40.4 Å². The molecule has 6 nitrogen and oxygen atoms in total. The number of fused-ring (bicyclic) bond motifs is 1. The number of rotatable bonds is 5. The summed E-state index contributed by atoms with van der Waals surface area (Å²) in [5, 5.41) is 6.86. The van der Waals surface area contributed by atoms with Crippen molar-refractivity contribution in [2.75, 3.05) is 33.5 Å². The Morgan fingerprint density at radius 2 is 2.12 bits per heavy atom. The highest BCUT2D eigenvalue weighted by Gasteiger charge is 2.21. The van der Waals surface area contributed by atoms with Crippen LogP contribution in [-0.2, 0) is 6.54 Å². The summed E-state index contributed by atoms with van der Waals surface area (Å²) in [4.78, 5) is 6.91. The van der Waals surface area contributed by atoms with Gasteiger partial charge in [0, 0.05) is 32.7 Å². The largest absolute Gasteiger partial charge is 0.454 e. The molecule has 2 aliphatic rings. The number of hydrogen-bond donors (Lipinski definition) is 2. The van der Waals surface area contributed by atoms with E-state index >= 15 is 0 Å². The van der Waals surface area contributed by atoms with E-state index in [4.69, 9.17) is 9.47 Å². The Kier molecular flexibility index (Phi) is 6.02. The van der Waals surface area contributed by atoms with Crippen molar-refractivity contribution in [1.29, 1.82) is 0 Å². The van der Waals surface area contributed by atoms with Crippen LogP contribution >= 0.6 is 0 Å². The Morgan fingerprint density at radius 3 is 2.92 bits per heavy atom. The Bertz CT molecular complexity index is 603. The van der Waals surface area contributed by atoms with E-state index in [0.29, 0.717) is 25.3 Å². The van der Waals surface area contributed by atoms with Gasteiger partial charge in [0.15, 0.2) is 17.5 Å². The van der Waals surface area contributed by atoms with Gasteiger partial charge in [-0.2, -0.15) is 0 Å². The maximum absolute atomic E-state index is 5.43. The lowest BCUT2D eigenvalue weighted by molar-refractivity contribution is 0.141. The number of piperidine rings is 1. The number of benzene rings is 1. The van der Waals surface area contributed by atoms with Crippen LogP contribution in [0.25, 0.3) is 0 Å². The van der Waals surface area contributed by atoms with E-state index in [0.717, 1.165) is 29.6 Å². The summed E-state index contributed by atoms with van der Waals surface area (Å²) in [5.41, 5.74) is 1.15. The number of nitrogens with zero attached hydrogens (tertiary/aromatic N) is 2. The molecule has 1 aromatic rings. The zero-order valence-corrected chi connectivity index (χ0v) is 15.5. The van der Waals surface area contributed by atoms with Crippen molar-refractivity contribution in [2.24, 2.45) is 10.9 Å². The van der Waals surface area contributed by atoms with Gasteiger partial charge in [0.25, 0.3) is 0 Å². The molecule has 1 aromatic carbocycles. The van der Waals surface area contributed by atoms with Gasteiger partial charge < -0.3 is 25.0 Å². The lowest BCUT2D eigenvalue weighted by Gasteiger charge is -2.35. The highest BCUT2D eigenvalue weighted by atomic mass is 16.7. The Labute approximate surface area is 150 Å². The molecule has 0 amide bonds.